The lowest BCUT2D eigenvalue weighted by molar-refractivity contribution is -0.116. The van der Waals surface area contributed by atoms with Crippen LogP contribution in [0.1, 0.15) is 22.8 Å². The molecule has 27 heavy (non-hydrogen) atoms. The number of para-hydroxylation sites is 1. The van der Waals surface area contributed by atoms with Gasteiger partial charge in [0, 0.05) is 20.0 Å². The van der Waals surface area contributed by atoms with E-state index in [9.17, 15) is 18.0 Å². The Morgan fingerprint density at radius 3 is 2.44 bits per heavy atom. The number of rotatable bonds is 7. The van der Waals surface area contributed by atoms with E-state index in [1.807, 2.05) is 0 Å². The summed E-state index contributed by atoms with van der Waals surface area (Å²) >= 11 is 0. The number of sulfonamides is 1. The molecule has 2 aromatic carbocycles. The largest absolute Gasteiger partial charge is 0.465 e. The lowest BCUT2D eigenvalue weighted by Gasteiger charge is -2.23. The van der Waals surface area contributed by atoms with Crippen LogP contribution in [0, 0.1) is 6.92 Å². The highest BCUT2D eigenvalue weighted by molar-refractivity contribution is 7.89. The Bertz CT molecular complexity index is 941. The molecule has 7 nitrogen and oxygen atoms in total. The van der Waals surface area contributed by atoms with Crippen molar-refractivity contribution >= 4 is 27.6 Å². The van der Waals surface area contributed by atoms with Gasteiger partial charge in [-0.25, -0.2) is 17.9 Å². The standard InChI is InChI=1S/C19H22N2O5S/c1-14-7-6-8-16(13-14)27(24,25)20-11-12-21(15(2)22)18-10-5-4-9-17(18)19(23)26-3/h4-10,13,20H,11-12H2,1-3H3. The quantitative estimate of drug-likeness (QED) is 0.731. The van der Waals surface area contributed by atoms with E-state index in [2.05, 4.69) is 4.72 Å². The average molecular weight is 390 g/mol. The molecule has 0 saturated carbocycles. The van der Waals surface area contributed by atoms with Gasteiger partial charge in [-0.05, 0) is 36.8 Å². The molecular weight excluding hydrogens is 368 g/mol. The summed E-state index contributed by atoms with van der Waals surface area (Å²) in [6.45, 7) is 3.21. The van der Waals surface area contributed by atoms with E-state index in [1.165, 1.54) is 25.0 Å². The van der Waals surface area contributed by atoms with Crippen LogP contribution in [0.5, 0.6) is 0 Å². The number of amides is 1. The molecule has 0 spiro atoms. The predicted octanol–water partition coefficient (Wildman–Crippen LogP) is 2.11. The molecule has 0 atom stereocenters. The Kier molecular flexibility index (Phi) is 6.70. The molecule has 0 fully saturated rings. The van der Waals surface area contributed by atoms with E-state index in [4.69, 9.17) is 4.74 Å². The third-order valence-corrected chi connectivity index (χ3v) is 5.37. The molecule has 0 heterocycles. The van der Waals surface area contributed by atoms with Gasteiger partial charge < -0.3 is 9.64 Å². The first-order valence-electron chi connectivity index (χ1n) is 8.28. The van der Waals surface area contributed by atoms with Gasteiger partial charge in [-0.2, -0.15) is 0 Å². The van der Waals surface area contributed by atoms with Crippen molar-refractivity contribution in [2.75, 3.05) is 25.1 Å². The molecule has 0 radical (unpaired) electrons. The summed E-state index contributed by atoms with van der Waals surface area (Å²) in [6, 6.07) is 13.1. The molecular formula is C19H22N2O5S. The molecule has 0 saturated heterocycles. The predicted molar refractivity (Wildman–Crippen MR) is 102 cm³/mol. The van der Waals surface area contributed by atoms with E-state index in [1.54, 1.807) is 49.4 Å². The van der Waals surface area contributed by atoms with Crippen molar-refractivity contribution in [3.63, 3.8) is 0 Å². The third-order valence-electron chi connectivity index (χ3n) is 3.91. The summed E-state index contributed by atoms with van der Waals surface area (Å²) in [4.78, 5) is 25.5. The number of hydrogen-bond donors (Lipinski definition) is 1. The van der Waals surface area contributed by atoms with Crippen LogP contribution >= 0.6 is 0 Å². The number of anilines is 1. The zero-order valence-corrected chi connectivity index (χ0v) is 16.2. The molecule has 1 amide bonds. The van der Waals surface area contributed by atoms with Gasteiger partial charge in [-0.15, -0.1) is 0 Å². The van der Waals surface area contributed by atoms with Crippen molar-refractivity contribution in [1.82, 2.24) is 4.72 Å². The second-order valence-corrected chi connectivity index (χ2v) is 7.66. The molecule has 8 heteroatoms. The van der Waals surface area contributed by atoms with Crippen LogP contribution in [0.2, 0.25) is 0 Å². The summed E-state index contributed by atoms with van der Waals surface area (Å²) in [7, 11) is -2.44. The Balaban J connectivity index is 2.17. The van der Waals surface area contributed by atoms with Gasteiger partial charge in [-0.1, -0.05) is 24.3 Å². The number of nitrogens with zero attached hydrogens (tertiary/aromatic N) is 1. The highest BCUT2D eigenvalue weighted by Crippen LogP contribution is 2.21. The monoisotopic (exact) mass is 390 g/mol. The zero-order chi connectivity index (χ0) is 20.0. The number of carbonyl (C=O) groups excluding carboxylic acids is 2. The molecule has 0 aromatic heterocycles. The molecule has 0 aliphatic rings. The van der Waals surface area contributed by atoms with Gasteiger partial charge >= 0.3 is 5.97 Å². The van der Waals surface area contributed by atoms with Crippen molar-refractivity contribution in [3.8, 4) is 0 Å². The van der Waals surface area contributed by atoms with Gasteiger partial charge in [0.05, 0.1) is 23.3 Å². The van der Waals surface area contributed by atoms with Crippen LogP contribution in [0.3, 0.4) is 0 Å². The van der Waals surface area contributed by atoms with Gasteiger partial charge in [0.15, 0.2) is 0 Å². The number of hydrogen-bond acceptors (Lipinski definition) is 5. The molecule has 1 N–H and O–H groups in total. The Hall–Kier alpha value is -2.71. The average Bonchev–Trinajstić information content (AvgIpc) is 2.64. The van der Waals surface area contributed by atoms with E-state index < -0.39 is 16.0 Å². The summed E-state index contributed by atoms with van der Waals surface area (Å²) in [5.74, 6) is -0.890. The van der Waals surface area contributed by atoms with Crippen molar-refractivity contribution in [2.45, 2.75) is 18.7 Å². The fourth-order valence-electron chi connectivity index (χ4n) is 2.60. The highest BCUT2D eigenvalue weighted by Gasteiger charge is 2.20. The van der Waals surface area contributed by atoms with Crippen molar-refractivity contribution in [1.29, 1.82) is 0 Å². The van der Waals surface area contributed by atoms with Gasteiger partial charge in [0.2, 0.25) is 15.9 Å². The van der Waals surface area contributed by atoms with Crippen LogP contribution in [0.15, 0.2) is 53.4 Å². The summed E-state index contributed by atoms with van der Waals surface area (Å²) in [5.41, 5.74) is 1.43. The number of esters is 1. The van der Waals surface area contributed by atoms with Crippen molar-refractivity contribution < 1.29 is 22.7 Å². The second-order valence-electron chi connectivity index (χ2n) is 5.89. The van der Waals surface area contributed by atoms with Crippen molar-refractivity contribution in [3.05, 3.63) is 59.7 Å². The minimum atomic E-state index is -3.70. The van der Waals surface area contributed by atoms with Gasteiger partial charge in [0.25, 0.3) is 0 Å². The molecule has 0 aliphatic carbocycles. The minimum absolute atomic E-state index is 0.00857. The SMILES string of the molecule is COC(=O)c1ccccc1N(CCNS(=O)(=O)c1cccc(C)c1)C(C)=O. The summed E-state index contributed by atoms with van der Waals surface area (Å²) in [6.07, 6.45) is 0. The first-order valence-corrected chi connectivity index (χ1v) is 9.76. The number of benzene rings is 2. The third kappa shape index (κ3) is 5.15. The maximum atomic E-state index is 12.4. The molecule has 2 rings (SSSR count). The number of aryl methyl sites for hydroxylation is 1. The Morgan fingerprint density at radius 2 is 1.81 bits per heavy atom. The minimum Gasteiger partial charge on any atom is -0.465 e. The maximum absolute atomic E-state index is 12.4. The first kappa shape index (κ1) is 20.6. The van der Waals surface area contributed by atoms with E-state index in [0.29, 0.717) is 5.69 Å². The van der Waals surface area contributed by atoms with Crippen LogP contribution in [0.25, 0.3) is 0 Å². The van der Waals surface area contributed by atoms with E-state index in [-0.39, 0.29) is 29.5 Å². The first-order chi connectivity index (χ1) is 12.8. The fraction of sp³-hybridized carbons (Fsp3) is 0.263. The number of methoxy groups -OCH3 is 1. The number of ether oxygens (including phenoxy) is 1. The van der Waals surface area contributed by atoms with Crippen LogP contribution in [-0.4, -0.2) is 40.5 Å². The molecule has 0 aliphatic heterocycles. The maximum Gasteiger partial charge on any atom is 0.339 e. The Labute approximate surface area is 159 Å². The van der Waals surface area contributed by atoms with E-state index >= 15 is 0 Å². The molecule has 144 valence electrons. The molecule has 2 aromatic rings. The van der Waals surface area contributed by atoms with Crippen LogP contribution < -0.4 is 9.62 Å². The lowest BCUT2D eigenvalue weighted by Crippen LogP contribution is -2.38. The lowest BCUT2D eigenvalue weighted by atomic mass is 10.1. The fourth-order valence-corrected chi connectivity index (χ4v) is 3.72. The number of nitrogens with one attached hydrogen (secondary N) is 1. The highest BCUT2D eigenvalue weighted by atomic mass is 32.2. The number of carbonyl (C=O) groups is 2. The smallest absolute Gasteiger partial charge is 0.339 e. The van der Waals surface area contributed by atoms with Crippen molar-refractivity contribution in [2.24, 2.45) is 0 Å². The molecule has 0 bridgehead atoms. The van der Waals surface area contributed by atoms with Crippen LogP contribution in [-0.2, 0) is 19.6 Å². The Morgan fingerprint density at radius 1 is 1.11 bits per heavy atom. The normalized spacial score (nSPS) is 11.1. The summed E-state index contributed by atoms with van der Waals surface area (Å²) < 4.78 is 32.0. The van der Waals surface area contributed by atoms with E-state index in [0.717, 1.165) is 5.56 Å². The van der Waals surface area contributed by atoms with Gasteiger partial charge in [-0.3, -0.25) is 4.79 Å². The topological polar surface area (TPSA) is 92.8 Å². The van der Waals surface area contributed by atoms with Gasteiger partial charge in [0.1, 0.15) is 0 Å². The van der Waals surface area contributed by atoms with Crippen LogP contribution in [0.4, 0.5) is 5.69 Å². The zero-order valence-electron chi connectivity index (χ0n) is 15.4. The summed E-state index contributed by atoms with van der Waals surface area (Å²) in [5, 5.41) is 0. The molecule has 0 unspecified atom stereocenters. The second kappa shape index (κ2) is 8.79.